The van der Waals surface area contributed by atoms with Gasteiger partial charge in [-0.15, -0.1) is 0 Å². The number of nitrogen functional groups attached to an aromatic ring is 1. The van der Waals surface area contributed by atoms with Crippen LogP contribution in [0.3, 0.4) is 0 Å². The summed E-state index contributed by atoms with van der Waals surface area (Å²) in [7, 11) is 0. The van der Waals surface area contributed by atoms with E-state index >= 15 is 0 Å². The summed E-state index contributed by atoms with van der Waals surface area (Å²) in [6, 6.07) is 10.4. The lowest BCUT2D eigenvalue weighted by molar-refractivity contribution is 0.321. The summed E-state index contributed by atoms with van der Waals surface area (Å²) in [5, 5.41) is 0. The number of nitrogens with two attached hydrogens (primary N) is 1. The normalized spacial score (nSPS) is 11.0. The van der Waals surface area contributed by atoms with Crippen molar-refractivity contribution in [3.8, 4) is 11.4 Å². The molecule has 0 saturated heterocycles. The van der Waals surface area contributed by atoms with Gasteiger partial charge >= 0.3 is 0 Å². The minimum atomic E-state index is -0.423. The molecule has 4 nitrogen and oxygen atoms in total. The molecule has 0 aliphatic heterocycles. The maximum Gasteiger partial charge on any atom is 0.205 e. The number of aromatic nitrogens is 2. The van der Waals surface area contributed by atoms with Crippen LogP contribution in [0.1, 0.15) is 6.92 Å². The maximum atomic E-state index is 14.0. The monoisotopic (exact) mass is 349 g/mol. The van der Waals surface area contributed by atoms with Crippen LogP contribution in [0.2, 0.25) is 0 Å². The fraction of sp³-hybridized carbons (Fsp3) is 0.133. The Morgan fingerprint density at radius 3 is 2.81 bits per heavy atom. The molecule has 0 amide bonds. The first-order chi connectivity index (χ1) is 10.1. The van der Waals surface area contributed by atoms with E-state index in [1.807, 2.05) is 25.1 Å². The Morgan fingerprint density at radius 1 is 1.29 bits per heavy atom. The predicted octanol–water partition coefficient (Wildman–Crippen LogP) is 3.91. The number of nitrogens with zero attached hydrogens (tertiary/aromatic N) is 2. The van der Waals surface area contributed by atoms with E-state index in [4.69, 9.17) is 10.5 Å². The number of halogens is 2. The average molecular weight is 350 g/mol. The van der Waals surface area contributed by atoms with Gasteiger partial charge < -0.3 is 10.5 Å². The molecular formula is C15H13BrFN3O. The number of ether oxygens (including phenoxy) is 1. The molecule has 3 rings (SSSR count). The third kappa shape index (κ3) is 2.47. The van der Waals surface area contributed by atoms with Crippen LogP contribution in [-0.2, 0) is 0 Å². The Balaban J connectivity index is 2.16. The molecule has 21 heavy (non-hydrogen) atoms. The molecule has 0 radical (unpaired) electrons. The summed E-state index contributed by atoms with van der Waals surface area (Å²) in [5.74, 6) is 0.117. The van der Waals surface area contributed by atoms with E-state index in [0.29, 0.717) is 18.2 Å². The molecule has 0 atom stereocenters. The average Bonchev–Trinajstić information content (AvgIpc) is 2.76. The highest BCUT2D eigenvalue weighted by atomic mass is 79.9. The number of fused-ring (bicyclic) bond motifs is 1. The quantitative estimate of drug-likeness (QED) is 0.779. The van der Waals surface area contributed by atoms with Crippen LogP contribution in [0.15, 0.2) is 40.9 Å². The van der Waals surface area contributed by atoms with Gasteiger partial charge in [0.15, 0.2) is 11.6 Å². The molecule has 2 aromatic carbocycles. The Bertz CT molecular complexity index is 816. The van der Waals surface area contributed by atoms with E-state index in [1.54, 1.807) is 16.7 Å². The van der Waals surface area contributed by atoms with E-state index in [1.165, 1.54) is 6.07 Å². The van der Waals surface area contributed by atoms with Crippen molar-refractivity contribution in [3.63, 3.8) is 0 Å². The second kappa shape index (κ2) is 5.37. The number of anilines is 1. The molecule has 1 aromatic heterocycles. The highest BCUT2D eigenvalue weighted by molar-refractivity contribution is 9.10. The van der Waals surface area contributed by atoms with Crippen LogP contribution in [0, 0.1) is 5.82 Å². The van der Waals surface area contributed by atoms with Gasteiger partial charge in [0.2, 0.25) is 5.95 Å². The number of benzene rings is 2. The summed E-state index contributed by atoms with van der Waals surface area (Å²) in [4.78, 5) is 4.30. The standard InChI is InChI=1S/C15H13BrFN3O/c1-2-21-14-6-4-10(8-11(14)17)20-13-5-3-9(16)7-12(13)19-15(20)18/h3-8H,2H2,1H3,(H2,18,19). The van der Waals surface area contributed by atoms with E-state index in [0.717, 1.165) is 15.5 Å². The molecule has 0 aliphatic rings. The third-order valence-corrected chi connectivity index (χ3v) is 3.61. The van der Waals surface area contributed by atoms with Gasteiger partial charge in [-0.2, -0.15) is 0 Å². The van der Waals surface area contributed by atoms with Crippen molar-refractivity contribution in [1.82, 2.24) is 9.55 Å². The van der Waals surface area contributed by atoms with Gasteiger partial charge in [0.1, 0.15) is 0 Å². The number of rotatable bonds is 3. The molecule has 1 heterocycles. The number of hydrogen-bond donors (Lipinski definition) is 1. The van der Waals surface area contributed by atoms with Crippen molar-refractivity contribution >= 4 is 32.9 Å². The summed E-state index contributed by atoms with van der Waals surface area (Å²) < 4.78 is 21.8. The molecule has 3 aromatic rings. The molecule has 6 heteroatoms. The van der Waals surface area contributed by atoms with Crippen LogP contribution < -0.4 is 10.5 Å². The minimum Gasteiger partial charge on any atom is -0.491 e. The van der Waals surface area contributed by atoms with Gasteiger partial charge in [-0.25, -0.2) is 9.37 Å². The summed E-state index contributed by atoms with van der Waals surface area (Å²) in [6.45, 7) is 2.23. The van der Waals surface area contributed by atoms with Crippen molar-refractivity contribution in [2.75, 3.05) is 12.3 Å². The van der Waals surface area contributed by atoms with Crippen molar-refractivity contribution < 1.29 is 9.13 Å². The molecular weight excluding hydrogens is 337 g/mol. The second-order valence-electron chi connectivity index (χ2n) is 4.49. The molecule has 0 bridgehead atoms. The summed E-state index contributed by atoms with van der Waals surface area (Å²) in [6.07, 6.45) is 0. The highest BCUT2D eigenvalue weighted by Crippen LogP contribution is 2.28. The zero-order valence-corrected chi connectivity index (χ0v) is 12.9. The van der Waals surface area contributed by atoms with Crippen LogP contribution in [0.4, 0.5) is 10.3 Å². The zero-order valence-electron chi connectivity index (χ0n) is 11.3. The fourth-order valence-electron chi connectivity index (χ4n) is 2.24. The Morgan fingerprint density at radius 2 is 2.10 bits per heavy atom. The van der Waals surface area contributed by atoms with E-state index in [2.05, 4.69) is 20.9 Å². The Hall–Kier alpha value is -2.08. The van der Waals surface area contributed by atoms with Gasteiger partial charge in [0, 0.05) is 10.5 Å². The SMILES string of the molecule is CCOc1ccc(-n2c(N)nc3cc(Br)ccc32)cc1F. The van der Waals surface area contributed by atoms with Crippen molar-refractivity contribution in [2.45, 2.75) is 6.92 Å². The number of imidazole rings is 1. The van der Waals surface area contributed by atoms with Crippen LogP contribution >= 0.6 is 15.9 Å². The smallest absolute Gasteiger partial charge is 0.205 e. The van der Waals surface area contributed by atoms with Gasteiger partial charge in [-0.05, 0) is 37.3 Å². The van der Waals surface area contributed by atoms with Gasteiger partial charge in [0.25, 0.3) is 0 Å². The first kappa shape index (κ1) is 13.9. The van der Waals surface area contributed by atoms with Crippen molar-refractivity contribution in [2.24, 2.45) is 0 Å². The summed E-state index contributed by atoms with van der Waals surface area (Å²) in [5.41, 5.74) is 8.14. The van der Waals surface area contributed by atoms with E-state index in [9.17, 15) is 4.39 Å². The van der Waals surface area contributed by atoms with Crippen LogP contribution in [0.5, 0.6) is 5.75 Å². The Labute approximate surface area is 129 Å². The highest BCUT2D eigenvalue weighted by Gasteiger charge is 2.12. The van der Waals surface area contributed by atoms with Crippen LogP contribution in [0.25, 0.3) is 16.7 Å². The van der Waals surface area contributed by atoms with Gasteiger partial charge in [-0.3, -0.25) is 4.57 Å². The number of hydrogen-bond acceptors (Lipinski definition) is 3. The predicted molar refractivity (Wildman–Crippen MR) is 84.3 cm³/mol. The van der Waals surface area contributed by atoms with Crippen LogP contribution in [-0.4, -0.2) is 16.2 Å². The first-order valence-electron chi connectivity index (χ1n) is 6.46. The molecule has 0 fully saturated rings. The lowest BCUT2D eigenvalue weighted by Gasteiger charge is -2.09. The third-order valence-electron chi connectivity index (χ3n) is 3.12. The molecule has 0 saturated carbocycles. The molecule has 0 aliphatic carbocycles. The molecule has 2 N–H and O–H groups in total. The van der Waals surface area contributed by atoms with E-state index < -0.39 is 5.82 Å². The maximum absolute atomic E-state index is 14.0. The topological polar surface area (TPSA) is 53.1 Å². The fourth-order valence-corrected chi connectivity index (χ4v) is 2.59. The summed E-state index contributed by atoms with van der Waals surface area (Å²) >= 11 is 3.39. The van der Waals surface area contributed by atoms with Gasteiger partial charge in [0.05, 0.1) is 23.3 Å². The molecule has 0 unspecified atom stereocenters. The second-order valence-corrected chi connectivity index (χ2v) is 5.40. The van der Waals surface area contributed by atoms with E-state index in [-0.39, 0.29) is 5.75 Å². The molecule has 108 valence electrons. The molecule has 0 spiro atoms. The largest absolute Gasteiger partial charge is 0.491 e. The van der Waals surface area contributed by atoms with Gasteiger partial charge in [-0.1, -0.05) is 15.9 Å². The van der Waals surface area contributed by atoms with Crippen molar-refractivity contribution in [3.05, 3.63) is 46.7 Å². The zero-order chi connectivity index (χ0) is 15.0. The minimum absolute atomic E-state index is 0.229. The lowest BCUT2D eigenvalue weighted by atomic mass is 10.2. The lowest BCUT2D eigenvalue weighted by Crippen LogP contribution is -2.02. The Kier molecular flexibility index (Phi) is 3.55. The first-order valence-corrected chi connectivity index (χ1v) is 7.25. The van der Waals surface area contributed by atoms with Crippen molar-refractivity contribution in [1.29, 1.82) is 0 Å².